The highest BCUT2D eigenvalue weighted by atomic mass is 32.2. The predicted molar refractivity (Wildman–Crippen MR) is 81.1 cm³/mol. The lowest BCUT2D eigenvalue weighted by Gasteiger charge is -2.32. The average Bonchev–Trinajstić information content (AvgIpc) is 2.55. The largest absolute Gasteiger partial charge is 0.487 e. The van der Waals surface area contributed by atoms with E-state index in [0.717, 1.165) is 10.6 Å². The molecule has 0 spiro atoms. The maximum Gasteiger partial charge on any atom is 0.487 e. The van der Waals surface area contributed by atoms with Crippen LogP contribution in [0.15, 0.2) is 29.2 Å². The van der Waals surface area contributed by atoms with E-state index >= 15 is 0 Å². The second kappa shape index (κ2) is 5.31. The summed E-state index contributed by atoms with van der Waals surface area (Å²) < 4.78 is 11.8. The zero-order valence-electron chi connectivity index (χ0n) is 12.1. The SMILES string of the molecule is CSc1cccnc1/C=C/B1OC(C)(C)C(C)(C)O1. The molecule has 19 heavy (non-hydrogen) atoms. The van der Waals surface area contributed by atoms with Gasteiger partial charge in [-0.25, -0.2) is 0 Å². The molecule has 2 heterocycles. The lowest BCUT2D eigenvalue weighted by molar-refractivity contribution is 0.00578. The first-order valence-corrected chi connectivity index (χ1v) is 7.61. The third-order valence-electron chi connectivity index (χ3n) is 3.70. The van der Waals surface area contributed by atoms with Crippen LogP contribution in [0.4, 0.5) is 0 Å². The Morgan fingerprint density at radius 1 is 1.21 bits per heavy atom. The third kappa shape index (κ3) is 3.04. The van der Waals surface area contributed by atoms with E-state index < -0.39 is 0 Å². The Bertz CT molecular complexity index is 472. The molecule has 1 fully saturated rings. The van der Waals surface area contributed by atoms with Crippen molar-refractivity contribution >= 4 is 25.0 Å². The van der Waals surface area contributed by atoms with Gasteiger partial charge < -0.3 is 9.31 Å². The Labute approximate surface area is 119 Å². The molecular weight excluding hydrogens is 257 g/mol. The molecular formula is C14H20BNO2S. The fourth-order valence-corrected chi connectivity index (χ4v) is 2.38. The van der Waals surface area contributed by atoms with E-state index in [-0.39, 0.29) is 18.3 Å². The smallest absolute Gasteiger partial charge is 0.400 e. The molecule has 1 aromatic rings. The van der Waals surface area contributed by atoms with Crippen molar-refractivity contribution in [3.05, 3.63) is 30.0 Å². The molecule has 0 amide bonds. The van der Waals surface area contributed by atoms with E-state index in [1.807, 2.05) is 24.4 Å². The van der Waals surface area contributed by atoms with Crippen LogP contribution in [0, 0.1) is 0 Å². The summed E-state index contributed by atoms with van der Waals surface area (Å²) in [5.41, 5.74) is 0.354. The quantitative estimate of drug-likeness (QED) is 0.625. The summed E-state index contributed by atoms with van der Waals surface area (Å²) in [4.78, 5) is 5.51. The molecule has 0 radical (unpaired) electrons. The first-order chi connectivity index (χ1) is 8.86. The molecule has 5 heteroatoms. The minimum Gasteiger partial charge on any atom is -0.400 e. The highest BCUT2D eigenvalue weighted by Crippen LogP contribution is 2.37. The number of hydrogen-bond acceptors (Lipinski definition) is 4. The number of rotatable bonds is 3. The normalized spacial score (nSPS) is 21.2. The van der Waals surface area contributed by atoms with Gasteiger partial charge in [0.1, 0.15) is 0 Å². The monoisotopic (exact) mass is 277 g/mol. The molecule has 1 aliphatic heterocycles. The van der Waals surface area contributed by atoms with Crippen LogP contribution in [-0.4, -0.2) is 29.6 Å². The Morgan fingerprint density at radius 2 is 1.84 bits per heavy atom. The first-order valence-electron chi connectivity index (χ1n) is 6.38. The predicted octanol–water partition coefficient (Wildman–Crippen LogP) is 3.45. The summed E-state index contributed by atoms with van der Waals surface area (Å²) in [6, 6.07) is 4.00. The van der Waals surface area contributed by atoms with Crippen LogP contribution in [0.1, 0.15) is 33.4 Å². The molecule has 0 N–H and O–H groups in total. The van der Waals surface area contributed by atoms with Crippen LogP contribution >= 0.6 is 11.8 Å². The topological polar surface area (TPSA) is 31.4 Å². The van der Waals surface area contributed by atoms with E-state index in [4.69, 9.17) is 9.31 Å². The van der Waals surface area contributed by atoms with Gasteiger partial charge in [-0.1, -0.05) is 5.98 Å². The molecule has 0 bridgehead atoms. The van der Waals surface area contributed by atoms with Crippen LogP contribution in [0.5, 0.6) is 0 Å². The van der Waals surface area contributed by atoms with E-state index in [0.29, 0.717) is 0 Å². The molecule has 0 aromatic carbocycles. The van der Waals surface area contributed by atoms with Crippen LogP contribution in [0.2, 0.25) is 0 Å². The van der Waals surface area contributed by atoms with Gasteiger partial charge in [-0.3, -0.25) is 4.98 Å². The van der Waals surface area contributed by atoms with Gasteiger partial charge in [0, 0.05) is 11.1 Å². The van der Waals surface area contributed by atoms with Gasteiger partial charge >= 0.3 is 7.12 Å². The first kappa shape index (κ1) is 14.6. The van der Waals surface area contributed by atoms with Gasteiger partial charge in [-0.15, -0.1) is 11.8 Å². The van der Waals surface area contributed by atoms with Crippen LogP contribution in [-0.2, 0) is 9.31 Å². The number of pyridine rings is 1. The summed E-state index contributed by atoms with van der Waals surface area (Å²) in [7, 11) is -0.318. The molecule has 2 rings (SSSR count). The van der Waals surface area contributed by atoms with Crippen molar-refractivity contribution in [3.63, 3.8) is 0 Å². The Kier molecular flexibility index (Phi) is 4.09. The van der Waals surface area contributed by atoms with Gasteiger partial charge in [0.25, 0.3) is 0 Å². The molecule has 0 unspecified atom stereocenters. The lowest BCUT2D eigenvalue weighted by atomic mass is 9.89. The van der Waals surface area contributed by atoms with Crippen LogP contribution in [0.25, 0.3) is 6.08 Å². The van der Waals surface area contributed by atoms with Gasteiger partial charge in [-0.2, -0.15) is 0 Å². The van der Waals surface area contributed by atoms with Crippen molar-refractivity contribution < 1.29 is 9.31 Å². The molecule has 1 saturated heterocycles. The van der Waals surface area contributed by atoms with Gasteiger partial charge in [0.05, 0.1) is 16.9 Å². The molecule has 0 saturated carbocycles. The van der Waals surface area contributed by atoms with Crippen molar-refractivity contribution in [2.24, 2.45) is 0 Å². The summed E-state index contributed by atoms with van der Waals surface area (Å²) >= 11 is 1.68. The third-order valence-corrected chi connectivity index (χ3v) is 4.49. The summed E-state index contributed by atoms with van der Waals surface area (Å²) in [5, 5.41) is 0. The van der Waals surface area contributed by atoms with E-state index in [1.165, 1.54) is 0 Å². The summed E-state index contributed by atoms with van der Waals surface area (Å²) in [6.07, 6.45) is 5.81. The molecule has 1 aromatic heterocycles. The van der Waals surface area contributed by atoms with E-state index in [1.54, 1.807) is 18.0 Å². The Balaban J connectivity index is 2.13. The second-order valence-electron chi connectivity index (χ2n) is 5.57. The fourth-order valence-electron chi connectivity index (χ4n) is 1.84. The second-order valence-corrected chi connectivity index (χ2v) is 6.42. The summed E-state index contributed by atoms with van der Waals surface area (Å²) in [6.45, 7) is 8.20. The zero-order chi connectivity index (χ0) is 14.1. The fraction of sp³-hybridized carbons (Fsp3) is 0.500. The van der Waals surface area contributed by atoms with Gasteiger partial charge in [-0.05, 0) is 52.2 Å². The van der Waals surface area contributed by atoms with Crippen molar-refractivity contribution in [2.45, 2.75) is 43.8 Å². The van der Waals surface area contributed by atoms with Crippen molar-refractivity contribution in [2.75, 3.05) is 6.26 Å². The minimum absolute atomic E-state index is 0.297. The van der Waals surface area contributed by atoms with Crippen LogP contribution in [0.3, 0.4) is 0 Å². The van der Waals surface area contributed by atoms with Crippen molar-refractivity contribution in [1.29, 1.82) is 0 Å². The molecule has 1 aliphatic rings. The summed E-state index contributed by atoms with van der Waals surface area (Å²) in [5.74, 6) is 1.93. The molecule has 102 valence electrons. The van der Waals surface area contributed by atoms with Gasteiger partial charge in [0.15, 0.2) is 0 Å². The zero-order valence-corrected chi connectivity index (χ0v) is 13.0. The molecule has 3 nitrogen and oxygen atoms in total. The number of hydrogen-bond donors (Lipinski definition) is 0. The Morgan fingerprint density at radius 3 is 2.42 bits per heavy atom. The van der Waals surface area contributed by atoms with Crippen molar-refractivity contribution in [1.82, 2.24) is 4.98 Å². The van der Waals surface area contributed by atoms with Crippen LogP contribution < -0.4 is 0 Å². The van der Waals surface area contributed by atoms with Gasteiger partial charge in [0.2, 0.25) is 0 Å². The number of nitrogens with zero attached hydrogens (tertiary/aromatic N) is 1. The van der Waals surface area contributed by atoms with Crippen molar-refractivity contribution in [3.8, 4) is 0 Å². The maximum atomic E-state index is 5.92. The van der Waals surface area contributed by atoms with E-state index in [9.17, 15) is 0 Å². The molecule has 0 atom stereocenters. The maximum absolute atomic E-state index is 5.92. The highest BCUT2D eigenvalue weighted by Gasteiger charge is 2.50. The van der Waals surface area contributed by atoms with E-state index in [2.05, 4.69) is 38.7 Å². The minimum atomic E-state index is -0.318. The average molecular weight is 277 g/mol. The highest BCUT2D eigenvalue weighted by molar-refractivity contribution is 7.98. The number of aromatic nitrogens is 1. The standard InChI is InChI=1S/C14H20BNO2S/c1-13(2)14(3,4)18-15(17-13)9-8-11-12(19-5)7-6-10-16-11/h6-10H,1-5H3/b9-8+. The lowest BCUT2D eigenvalue weighted by Crippen LogP contribution is -2.41. The Hall–Kier alpha value is -0.775. The molecule has 0 aliphatic carbocycles. The number of thioether (sulfide) groups is 1.